The molecule has 0 amide bonds. The van der Waals surface area contributed by atoms with Gasteiger partial charge in [0.25, 0.3) is 0 Å². The lowest BCUT2D eigenvalue weighted by Crippen LogP contribution is -2.37. The minimum atomic E-state index is 0.695. The number of hydrogen-bond acceptors (Lipinski definition) is 5. The topological polar surface area (TPSA) is 70.2 Å². The standard InChI is InChI=1S/C24H35N5O2/c1-25-24(27-17-20-7-9-23(10-8-20)26-11-14-30-2)28-18-21-5-3-4-6-22(21)19-29-12-15-31-16-13-29/h3-10,26H,11-19H2,1-2H3,(H2,25,27,28). The Balaban J connectivity index is 1.47. The van der Waals surface area contributed by atoms with E-state index in [2.05, 4.69) is 74.4 Å². The SMILES string of the molecule is CN=C(NCc1ccc(NCCOC)cc1)NCc1ccccc1CN1CCOCC1. The summed E-state index contributed by atoms with van der Waals surface area (Å²) in [5.74, 6) is 0.795. The fourth-order valence-corrected chi connectivity index (χ4v) is 3.51. The monoisotopic (exact) mass is 425 g/mol. The Labute approximate surface area is 185 Å². The highest BCUT2D eigenvalue weighted by Gasteiger charge is 2.12. The molecule has 168 valence electrons. The number of nitrogens with zero attached hydrogens (tertiary/aromatic N) is 2. The van der Waals surface area contributed by atoms with E-state index in [-0.39, 0.29) is 0 Å². The van der Waals surface area contributed by atoms with E-state index in [0.29, 0.717) is 13.2 Å². The second-order valence-corrected chi connectivity index (χ2v) is 7.55. The summed E-state index contributed by atoms with van der Waals surface area (Å²) >= 11 is 0. The summed E-state index contributed by atoms with van der Waals surface area (Å²) in [7, 11) is 3.51. The molecule has 1 heterocycles. The predicted octanol–water partition coefficient (Wildman–Crippen LogP) is 2.44. The van der Waals surface area contributed by atoms with E-state index in [1.807, 2.05) is 0 Å². The Kier molecular flexibility index (Phi) is 9.63. The van der Waals surface area contributed by atoms with Crippen LogP contribution in [0.15, 0.2) is 53.5 Å². The number of aliphatic imine (C=N–C) groups is 1. The number of guanidine groups is 1. The normalized spacial score (nSPS) is 15.0. The third kappa shape index (κ3) is 7.86. The molecule has 2 aromatic carbocycles. The van der Waals surface area contributed by atoms with Gasteiger partial charge >= 0.3 is 0 Å². The van der Waals surface area contributed by atoms with Gasteiger partial charge in [-0.05, 0) is 28.8 Å². The van der Waals surface area contributed by atoms with Crippen molar-refractivity contribution in [2.75, 3.05) is 58.9 Å². The van der Waals surface area contributed by atoms with Crippen molar-refractivity contribution in [3.8, 4) is 0 Å². The summed E-state index contributed by atoms with van der Waals surface area (Å²) in [6.07, 6.45) is 0. The molecule has 0 atom stereocenters. The van der Waals surface area contributed by atoms with Crippen LogP contribution in [0, 0.1) is 0 Å². The summed E-state index contributed by atoms with van der Waals surface area (Å²) in [4.78, 5) is 6.82. The molecule has 1 aliphatic rings. The first kappa shape index (κ1) is 23.1. The van der Waals surface area contributed by atoms with Gasteiger partial charge < -0.3 is 25.4 Å². The molecule has 0 unspecified atom stereocenters. The summed E-state index contributed by atoms with van der Waals surface area (Å²) in [5, 5.41) is 10.2. The number of morpholine rings is 1. The van der Waals surface area contributed by atoms with Gasteiger partial charge in [0.05, 0.1) is 19.8 Å². The minimum absolute atomic E-state index is 0.695. The van der Waals surface area contributed by atoms with Crippen LogP contribution in [0.1, 0.15) is 16.7 Å². The van der Waals surface area contributed by atoms with Gasteiger partial charge in [-0.25, -0.2) is 0 Å². The molecule has 2 aromatic rings. The van der Waals surface area contributed by atoms with Crippen molar-refractivity contribution < 1.29 is 9.47 Å². The van der Waals surface area contributed by atoms with E-state index >= 15 is 0 Å². The first-order valence-electron chi connectivity index (χ1n) is 10.9. The van der Waals surface area contributed by atoms with E-state index in [1.165, 1.54) is 16.7 Å². The molecule has 0 saturated carbocycles. The highest BCUT2D eigenvalue weighted by atomic mass is 16.5. The van der Waals surface area contributed by atoms with Gasteiger partial charge in [-0.15, -0.1) is 0 Å². The first-order valence-corrected chi connectivity index (χ1v) is 10.9. The van der Waals surface area contributed by atoms with E-state index in [1.54, 1.807) is 14.2 Å². The highest BCUT2D eigenvalue weighted by Crippen LogP contribution is 2.13. The molecule has 3 rings (SSSR count). The number of rotatable bonds is 10. The van der Waals surface area contributed by atoms with Gasteiger partial charge in [-0.2, -0.15) is 0 Å². The van der Waals surface area contributed by atoms with Gasteiger partial charge in [0.15, 0.2) is 5.96 Å². The second kappa shape index (κ2) is 12.9. The molecule has 7 nitrogen and oxygen atoms in total. The van der Waals surface area contributed by atoms with Gasteiger partial charge in [-0.1, -0.05) is 36.4 Å². The summed E-state index contributed by atoms with van der Waals surface area (Å²) in [6, 6.07) is 17.0. The van der Waals surface area contributed by atoms with Gasteiger partial charge in [0.1, 0.15) is 0 Å². The van der Waals surface area contributed by atoms with Crippen molar-refractivity contribution in [2.45, 2.75) is 19.6 Å². The highest BCUT2D eigenvalue weighted by molar-refractivity contribution is 5.79. The molecule has 3 N–H and O–H groups in total. The Hall–Kier alpha value is -2.61. The zero-order valence-corrected chi connectivity index (χ0v) is 18.7. The maximum absolute atomic E-state index is 5.47. The molecule has 1 fully saturated rings. The minimum Gasteiger partial charge on any atom is -0.383 e. The smallest absolute Gasteiger partial charge is 0.191 e. The van der Waals surface area contributed by atoms with Crippen LogP contribution in [-0.4, -0.2) is 64.5 Å². The quantitative estimate of drug-likeness (QED) is 0.309. The van der Waals surface area contributed by atoms with Gasteiger partial charge in [0.2, 0.25) is 0 Å². The van der Waals surface area contributed by atoms with Crippen LogP contribution in [-0.2, 0) is 29.1 Å². The number of methoxy groups -OCH3 is 1. The first-order chi connectivity index (χ1) is 15.3. The number of benzene rings is 2. The Morgan fingerprint density at radius 2 is 1.71 bits per heavy atom. The van der Waals surface area contributed by atoms with Crippen LogP contribution in [0.4, 0.5) is 5.69 Å². The number of anilines is 1. The molecule has 31 heavy (non-hydrogen) atoms. The molecular formula is C24H35N5O2. The molecule has 0 bridgehead atoms. The lowest BCUT2D eigenvalue weighted by molar-refractivity contribution is 0.0341. The fourth-order valence-electron chi connectivity index (χ4n) is 3.51. The summed E-state index contributed by atoms with van der Waals surface area (Å²) < 4.78 is 10.5. The van der Waals surface area contributed by atoms with Crippen LogP contribution in [0.2, 0.25) is 0 Å². The zero-order valence-electron chi connectivity index (χ0n) is 18.7. The van der Waals surface area contributed by atoms with E-state index in [4.69, 9.17) is 9.47 Å². The van der Waals surface area contributed by atoms with Crippen molar-refractivity contribution >= 4 is 11.6 Å². The van der Waals surface area contributed by atoms with Crippen LogP contribution >= 0.6 is 0 Å². The van der Waals surface area contributed by atoms with E-state index in [9.17, 15) is 0 Å². The third-order valence-corrected chi connectivity index (χ3v) is 5.34. The maximum atomic E-state index is 5.47. The lowest BCUT2D eigenvalue weighted by Gasteiger charge is -2.27. The third-order valence-electron chi connectivity index (χ3n) is 5.34. The zero-order chi connectivity index (χ0) is 21.7. The van der Waals surface area contributed by atoms with E-state index in [0.717, 1.165) is 57.6 Å². The van der Waals surface area contributed by atoms with Crippen molar-refractivity contribution in [1.29, 1.82) is 0 Å². The van der Waals surface area contributed by atoms with Gasteiger partial charge in [-0.3, -0.25) is 9.89 Å². The average Bonchev–Trinajstić information content (AvgIpc) is 2.82. The maximum Gasteiger partial charge on any atom is 0.191 e. The van der Waals surface area contributed by atoms with Crippen LogP contribution in [0.3, 0.4) is 0 Å². The lowest BCUT2D eigenvalue weighted by atomic mass is 10.1. The van der Waals surface area contributed by atoms with Gasteiger partial charge in [0, 0.05) is 59.1 Å². The Morgan fingerprint density at radius 3 is 2.42 bits per heavy atom. The van der Waals surface area contributed by atoms with Crippen LogP contribution in [0.5, 0.6) is 0 Å². The number of ether oxygens (including phenoxy) is 2. The van der Waals surface area contributed by atoms with Crippen molar-refractivity contribution in [3.63, 3.8) is 0 Å². The summed E-state index contributed by atoms with van der Waals surface area (Å²) in [6.45, 7) is 7.53. The predicted molar refractivity (Wildman–Crippen MR) is 126 cm³/mol. The second-order valence-electron chi connectivity index (χ2n) is 7.55. The number of nitrogens with one attached hydrogen (secondary N) is 3. The summed E-state index contributed by atoms with van der Waals surface area (Å²) in [5.41, 5.74) is 4.94. The Bertz CT molecular complexity index is 804. The Morgan fingerprint density at radius 1 is 1.00 bits per heavy atom. The van der Waals surface area contributed by atoms with Crippen molar-refractivity contribution in [1.82, 2.24) is 15.5 Å². The largest absolute Gasteiger partial charge is 0.383 e. The molecule has 1 saturated heterocycles. The molecule has 1 aliphatic heterocycles. The number of hydrogen-bond donors (Lipinski definition) is 3. The average molecular weight is 426 g/mol. The van der Waals surface area contributed by atoms with Crippen LogP contribution in [0.25, 0.3) is 0 Å². The fraction of sp³-hybridized carbons (Fsp3) is 0.458. The molecular weight excluding hydrogens is 390 g/mol. The van der Waals surface area contributed by atoms with Crippen molar-refractivity contribution in [2.24, 2.45) is 4.99 Å². The molecule has 7 heteroatoms. The van der Waals surface area contributed by atoms with E-state index < -0.39 is 0 Å². The molecule has 0 radical (unpaired) electrons. The molecule has 0 aromatic heterocycles. The molecule has 0 aliphatic carbocycles. The van der Waals surface area contributed by atoms with Crippen LogP contribution < -0.4 is 16.0 Å². The molecule has 0 spiro atoms. The van der Waals surface area contributed by atoms with Crippen molar-refractivity contribution in [3.05, 3.63) is 65.2 Å².